The minimum atomic E-state index is -0.233. The molecule has 4 aromatic rings. The number of hydrogen-bond donors (Lipinski definition) is 1. The van der Waals surface area contributed by atoms with E-state index in [4.69, 9.17) is 16.6 Å². The Kier molecular flexibility index (Phi) is 4.45. The highest BCUT2D eigenvalue weighted by Crippen LogP contribution is 2.34. The lowest BCUT2D eigenvalue weighted by molar-refractivity contribution is 0.102. The van der Waals surface area contributed by atoms with Gasteiger partial charge in [0.25, 0.3) is 5.91 Å². The van der Waals surface area contributed by atoms with Crippen LogP contribution < -0.4 is 5.32 Å². The largest absolute Gasteiger partial charge is 0.321 e. The number of carbonyl (C=O) groups excluding carboxylic acids is 1. The van der Waals surface area contributed by atoms with Gasteiger partial charge in [-0.2, -0.15) is 0 Å². The summed E-state index contributed by atoms with van der Waals surface area (Å²) in [7, 11) is 0. The number of thiazole rings is 1. The zero-order valence-electron chi connectivity index (χ0n) is 14.0. The third-order valence-electron chi connectivity index (χ3n) is 4.07. The molecule has 3 nitrogen and oxygen atoms in total. The van der Waals surface area contributed by atoms with Crippen molar-refractivity contribution in [3.63, 3.8) is 0 Å². The Morgan fingerprint density at radius 1 is 1.04 bits per heavy atom. The van der Waals surface area contributed by atoms with Crippen LogP contribution in [-0.2, 0) is 0 Å². The van der Waals surface area contributed by atoms with Gasteiger partial charge in [-0.3, -0.25) is 4.79 Å². The standard InChI is InChI=1S/C21H15ClN2OS/c1-13-10-11-14(16(22)12-13)20(25)23-17-7-3-2-6-15(17)21-24-18-8-4-5-9-19(18)26-21/h2-12H,1H3,(H,23,25). The summed E-state index contributed by atoms with van der Waals surface area (Å²) in [6, 6.07) is 21.1. The van der Waals surface area contributed by atoms with Crippen molar-refractivity contribution in [1.29, 1.82) is 0 Å². The van der Waals surface area contributed by atoms with Gasteiger partial charge in [0.05, 0.1) is 26.5 Å². The molecule has 1 heterocycles. The Bertz CT molecular complexity index is 1090. The molecule has 0 fully saturated rings. The number of nitrogens with one attached hydrogen (secondary N) is 1. The Labute approximate surface area is 160 Å². The maximum atomic E-state index is 12.7. The van der Waals surface area contributed by atoms with Crippen LogP contribution in [0.1, 0.15) is 15.9 Å². The summed E-state index contributed by atoms with van der Waals surface area (Å²) in [4.78, 5) is 17.4. The molecule has 0 bridgehead atoms. The van der Waals surface area contributed by atoms with Gasteiger partial charge in [0, 0.05) is 5.56 Å². The van der Waals surface area contributed by atoms with E-state index in [2.05, 4.69) is 5.32 Å². The molecule has 0 aliphatic rings. The monoisotopic (exact) mass is 378 g/mol. The highest BCUT2D eigenvalue weighted by Gasteiger charge is 2.15. The molecule has 0 unspecified atom stereocenters. The quantitative estimate of drug-likeness (QED) is 0.462. The molecular formula is C21H15ClN2OS. The lowest BCUT2D eigenvalue weighted by Crippen LogP contribution is -2.13. The van der Waals surface area contributed by atoms with E-state index in [1.54, 1.807) is 23.5 Å². The molecule has 0 saturated heterocycles. The van der Waals surface area contributed by atoms with E-state index in [0.717, 1.165) is 26.4 Å². The maximum absolute atomic E-state index is 12.7. The van der Waals surface area contributed by atoms with E-state index in [9.17, 15) is 4.79 Å². The van der Waals surface area contributed by atoms with Crippen LogP contribution in [0.15, 0.2) is 66.7 Å². The predicted molar refractivity (Wildman–Crippen MR) is 109 cm³/mol. The smallest absolute Gasteiger partial charge is 0.257 e. The van der Waals surface area contributed by atoms with E-state index >= 15 is 0 Å². The molecule has 0 saturated carbocycles. The molecule has 0 atom stereocenters. The second-order valence-electron chi connectivity index (χ2n) is 5.97. The molecule has 1 amide bonds. The number of rotatable bonds is 3. The van der Waals surface area contributed by atoms with Crippen molar-refractivity contribution in [3.05, 3.63) is 82.9 Å². The third kappa shape index (κ3) is 3.21. The van der Waals surface area contributed by atoms with Gasteiger partial charge in [-0.05, 0) is 48.9 Å². The normalized spacial score (nSPS) is 10.8. The lowest BCUT2D eigenvalue weighted by atomic mass is 10.1. The molecule has 5 heteroatoms. The highest BCUT2D eigenvalue weighted by atomic mass is 35.5. The lowest BCUT2D eigenvalue weighted by Gasteiger charge is -2.10. The predicted octanol–water partition coefficient (Wildman–Crippen LogP) is 6.18. The van der Waals surface area contributed by atoms with Crippen LogP contribution in [0.4, 0.5) is 5.69 Å². The van der Waals surface area contributed by atoms with Crippen LogP contribution >= 0.6 is 22.9 Å². The molecule has 0 spiro atoms. The fourth-order valence-corrected chi connectivity index (χ4v) is 4.09. The van der Waals surface area contributed by atoms with Crippen molar-refractivity contribution >= 4 is 44.7 Å². The summed E-state index contributed by atoms with van der Waals surface area (Å²) in [6.07, 6.45) is 0. The fraction of sp³-hybridized carbons (Fsp3) is 0.0476. The van der Waals surface area contributed by atoms with Gasteiger partial charge in [0.15, 0.2) is 0 Å². The van der Waals surface area contributed by atoms with Gasteiger partial charge < -0.3 is 5.32 Å². The van der Waals surface area contributed by atoms with Crippen molar-refractivity contribution in [2.24, 2.45) is 0 Å². The number of aryl methyl sites for hydroxylation is 1. The van der Waals surface area contributed by atoms with Crippen LogP contribution in [0.3, 0.4) is 0 Å². The summed E-state index contributed by atoms with van der Waals surface area (Å²) in [5.41, 5.74) is 4.03. The van der Waals surface area contributed by atoms with E-state index in [1.165, 1.54) is 0 Å². The van der Waals surface area contributed by atoms with Gasteiger partial charge in [0.2, 0.25) is 0 Å². The van der Waals surface area contributed by atoms with Gasteiger partial charge in [-0.15, -0.1) is 11.3 Å². The van der Waals surface area contributed by atoms with Crippen molar-refractivity contribution in [2.75, 3.05) is 5.32 Å². The fourth-order valence-electron chi connectivity index (χ4n) is 2.76. The number of amides is 1. The first-order valence-corrected chi connectivity index (χ1v) is 9.34. The molecule has 128 valence electrons. The first-order chi connectivity index (χ1) is 12.6. The summed E-state index contributed by atoms with van der Waals surface area (Å²) in [5.74, 6) is -0.233. The number of anilines is 1. The summed E-state index contributed by atoms with van der Waals surface area (Å²) in [5, 5.41) is 4.29. The minimum Gasteiger partial charge on any atom is -0.321 e. The number of para-hydroxylation sites is 2. The van der Waals surface area contributed by atoms with Gasteiger partial charge >= 0.3 is 0 Å². The molecule has 0 aliphatic heterocycles. The average Bonchev–Trinajstić information content (AvgIpc) is 3.06. The summed E-state index contributed by atoms with van der Waals surface area (Å²) < 4.78 is 1.12. The van der Waals surface area contributed by atoms with Crippen LogP contribution in [0.2, 0.25) is 5.02 Å². The van der Waals surface area contributed by atoms with Crippen LogP contribution in [0.5, 0.6) is 0 Å². The summed E-state index contributed by atoms with van der Waals surface area (Å²) in [6.45, 7) is 1.94. The maximum Gasteiger partial charge on any atom is 0.257 e. The summed E-state index contributed by atoms with van der Waals surface area (Å²) >= 11 is 7.83. The average molecular weight is 379 g/mol. The molecule has 4 rings (SSSR count). The van der Waals surface area contributed by atoms with Crippen LogP contribution in [0.25, 0.3) is 20.8 Å². The first-order valence-electron chi connectivity index (χ1n) is 8.14. The molecule has 0 aliphatic carbocycles. The molecule has 3 aromatic carbocycles. The van der Waals surface area contributed by atoms with E-state index in [-0.39, 0.29) is 5.91 Å². The van der Waals surface area contributed by atoms with Crippen LogP contribution in [0, 0.1) is 6.92 Å². The number of halogens is 1. The van der Waals surface area contributed by atoms with Gasteiger partial charge in [0.1, 0.15) is 5.01 Å². The highest BCUT2D eigenvalue weighted by molar-refractivity contribution is 7.21. The number of carbonyl (C=O) groups is 1. The molecule has 1 N–H and O–H groups in total. The Morgan fingerprint density at radius 3 is 2.62 bits per heavy atom. The zero-order chi connectivity index (χ0) is 18.1. The second kappa shape index (κ2) is 6.90. The Morgan fingerprint density at radius 2 is 1.81 bits per heavy atom. The SMILES string of the molecule is Cc1ccc(C(=O)Nc2ccccc2-c2nc3ccccc3s2)c(Cl)c1. The van der Waals surface area contributed by atoms with Gasteiger partial charge in [-0.1, -0.05) is 41.9 Å². The number of hydrogen-bond acceptors (Lipinski definition) is 3. The van der Waals surface area contributed by atoms with Crippen LogP contribution in [-0.4, -0.2) is 10.9 Å². The number of aromatic nitrogens is 1. The first kappa shape index (κ1) is 16.8. The van der Waals surface area contributed by atoms with Crippen molar-refractivity contribution < 1.29 is 4.79 Å². The van der Waals surface area contributed by atoms with Crippen molar-refractivity contribution in [1.82, 2.24) is 4.98 Å². The number of fused-ring (bicyclic) bond motifs is 1. The Balaban J connectivity index is 1.70. The van der Waals surface area contributed by atoms with E-state index in [1.807, 2.05) is 61.5 Å². The number of nitrogens with zero attached hydrogens (tertiary/aromatic N) is 1. The number of benzene rings is 3. The zero-order valence-corrected chi connectivity index (χ0v) is 15.6. The molecule has 0 radical (unpaired) electrons. The van der Waals surface area contributed by atoms with E-state index in [0.29, 0.717) is 16.3 Å². The second-order valence-corrected chi connectivity index (χ2v) is 7.41. The van der Waals surface area contributed by atoms with Crippen molar-refractivity contribution in [2.45, 2.75) is 6.92 Å². The molecular weight excluding hydrogens is 364 g/mol. The minimum absolute atomic E-state index is 0.233. The van der Waals surface area contributed by atoms with Crippen molar-refractivity contribution in [3.8, 4) is 10.6 Å². The Hall–Kier alpha value is -2.69. The van der Waals surface area contributed by atoms with E-state index < -0.39 is 0 Å². The molecule has 1 aromatic heterocycles. The molecule has 26 heavy (non-hydrogen) atoms. The topological polar surface area (TPSA) is 42.0 Å². The van der Waals surface area contributed by atoms with Gasteiger partial charge in [-0.25, -0.2) is 4.98 Å². The third-order valence-corrected chi connectivity index (χ3v) is 5.45.